The average Bonchev–Trinajstić information content (AvgIpc) is 2.65. The Balaban J connectivity index is 2.21. The number of morpholine rings is 1. The summed E-state index contributed by atoms with van der Waals surface area (Å²) >= 11 is 1.66. The number of aromatic nitrogens is 1. The summed E-state index contributed by atoms with van der Waals surface area (Å²) in [4.78, 5) is 6.82. The molecule has 0 radical (unpaired) electrons. The van der Waals surface area contributed by atoms with E-state index in [1.807, 2.05) is 5.38 Å². The number of hydrogen-bond acceptors (Lipinski definition) is 5. The Morgan fingerprint density at radius 2 is 2.47 bits per heavy atom. The molecule has 4 nitrogen and oxygen atoms in total. The topological polar surface area (TPSA) is 51.4 Å². The second kappa shape index (κ2) is 4.08. The van der Waals surface area contributed by atoms with E-state index in [4.69, 9.17) is 10.5 Å². The van der Waals surface area contributed by atoms with Gasteiger partial charge in [0, 0.05) is 18.5 Å². The van der Waals surface area contributed by atoms with Crippen molar-refractivity contribution in [2.24, 2.45) is 5.73 Å². The SMILES string of the molecule is CC1(C)COCCN1c1nc(CN)cs1. The van der Waals surface area contributed by atoms with Gasteiger partial charge >= 0.3 is 0 Å². The summed E-state index contributed by atoms with van der Waals surface area (Å²) < 4.78 is 5.48. The van der Waals surface area contributed by atoms with Gasteiger partial charge in [0.05, 0.1) is 24.4 Å². The van der Waals surface area contributed by atoms with E-state index in [0.717, 1.165) is 30.6 Å². The molecule has 0 unspecified atom stereocenters. The number of thiazole rings is 1. The van der Waals surface area contributed by atoms with E-state index < -0.39 is 0 Å². The van der Waals surface area contributed by atoms with Crippen molar-refractivity contribution in [1.29, 1.82) is 0 Å². The normalized spacial score (nSPS) is 20.6. The molecule has 2 N–H and O–H groups in total. The predicted octanol–water partition coefficient (Wildman–Crippen LogP) is 1.22. The van der Waals surface area contributed by atoms with Gasteiger partial charge in [-0.25, -0.2) is 4.98 Å². The zero-order valence-corrected chi connectivity index (χ0v) is 10.0. The molecule has 0 spiro atoms. The van der Waals surface area contributed by atoms with Gasteiger partial charge in [0.25, 0.3) is 0 Å². The van der Waals surface area contributed by atoms with Crippen molar-refractivity contribution >= 4 is 16.5 Å². The first-order valence-corrected chi connectivity index (χ1v) is 6.01. The molecule has 0 aromatic carbocycles. The average molecular weight is 227 g/mol. The maximum atomic E-state index is 5.56. The van der Waals surface area contributed by atoms with Crippen LogP contribution in [0.3, 0.4) is 0 Å². The highest BCUT2D eigenvalue weighted by atomic mass is 32.1. The van der Waals surface area contributed by atoms with Gasteiger partial charge in [0.15, 0.2) is 5.13 Å². The van der Waals surface area contributed by atoms with Crippen molar-refractivity contribution in [2.45, 2.75) is 25.9 Å². The minimum absolute atomic E-state index is 0.0297. The van der Waals surface area contributed by atoms with Crippen LogP contribution in [0.2, 0.25) is 0 Å². The van der Waals surface area contributed by atoms with Crippen molar-refractivity contribution in [3.8, 4) is 0 Å². The molecule has 0 bridgehead atoms. The summed E-state index contributed by atoms with van der Waals surface area (Å²) in [5, 5.41) is 3.09. The van der Waals surface area contributed by atoms with E-state index in [0.29, 0.717) is 6.54 Å². The van der Waals surface area contributed by atoms with Gasteiger partial charge in [-0.3, -0.25) is 0 Å². The maximum absolute atomic E-state index is 5.56. The standard InChI is InChI=1S/C10H17N3OS/c1-10(2)7-14-4-3-13(10)9-12-8(5-11)6-15-9/h6H,3-5,7,11H2,1-2H3. The third-order valence-corrected chi connectivity index (χ3v) is 3.54. The molecular formula is C10H17N3OS. The van der Waals surface area contributed by atoms with E-state index >= 15 is 0 Å². The van der Waals surface area contributed by atoms with Crippen LogP contribution in [0.15, 0.2) is 5.38 Å². The molecule has 1 saturated heterocycles. The summed E-state index contributed by atoms with van der Waals surface area (Å²) in [6, 6.07) is 0. The molecule has 84 valence electrons. The van der Waals surface area contributed by atoms with Crippen molar-refractivity contribution in [3.63, 3.8) is 0 Å². The zero-order chi connectivity index (χ0) is 10.9. The lowest BCUT2D eigenvalue weighted by Crippen LogP contribution is -2.53. The summed E-state index contributed by atoms with van der Waals surface area (Å²) in [6.07, 6.45) is 0. The maximum Gasteiger partial charge on any atom is 0.186 e. The van der Waals surface area contributed by atoms with Crippen molar-refractivity contribution in [2.75, 3.05) is 24.7 Å². The molecule has 1 fully saturated rings. The second-order valence-electron chi connectivity index (χ2n) is 4.34. The molecular weight excluding hydrogens is 210 g/mol. The van der Waals surface area contributed by atoms with E-state index in [-0.39, 0.29) is 5.54 Å². The van der Waals surface area contributed by atoms with Crippen LogP contribution in [0.5, 0.6) is 0 Å². The molecule has 2 rings (SSSR count). The van der Waals surface area contributed by atoms with E-state index in [2.05, 4.69) is 23.7 Å². The van der Waals surface area contributed by atoms with Crippen LogP contribution < -0.4 is 10.6 Å². The highest BCUT2D eigenvalue weighted by molar-refractivity contribution is 7.13. The van der Waals surface area contributed by atoms with Crippen molar-refractivity contribution in [3.05, 3.63) is 11.1 Å². The van der Waals surface area contributed by atoms with Gasteiger partial charge in [0.2, 0.25) is 0 Å². The van der Waals surface area contributed by atoms with E-state index in [1.165, 1.54) is 0 Å². The third kappa shape index (κ3) is 2.14. The predicted molar refractivity (Wildman–Crippen MR) is 62.2 cm³/mol. The number of anilines is 1. The van der Waals surface area contributed by atoms with Crippen molar-refractivity contribution < 1.29 is 4.74 Å². The van der Waals surface area contributed by atoms with E-state index in [1.54, 1.807) is 11.3 Å². The third-order valence-electron chi connectivity index (χ3n) is 2.62. The van der Waals surface area contributed by atoms with Crippen LogP contribution in [-0.2, 0) is 11.3 Å². The minimum atomic E-state index is 0.0297. The fourth-order valence-electron chi connectivity index (χ4n) is 1.73. The van der Waals surface area contributed by atoms with Crippen LogP contribution in [0, 0.1) is 0 Å². The molecule has 1 aliphatic heterocycles. The Hall–Kier alpha value is -0.650. The molecule has 15 heavy (non-hydrogen) atoms. The highest BCUT2D eigenvalue weighted by Crippen LogP contribution is 2.29. The van der Waals surface area contributed by atoms with Crippen LogP contribution in [0.1, 0.15) is 19.5 Å². The fraction of sp³-hybridized carbons (Fsp3) is 0.700. The summed E-state index contributed by atoms with van der Waals surface area (Å²) in [5.41, 5.74) is 6.56. The first kappa shape index (κ1) is 10.9. The van der Waals surface area contributed by atoms with Crippen molar-refractivity contribution in [1.82, 2.24) is 4.98 Å². The molecule has 0 amide bonds. The first-order chi connectivity index (χ1) is 7.13. The van der Waals surface area contributed by atoms with Gasteiger partial charge in [-0.2, -0.15) is 0 Å². The summed E-state index contributed by atoms with van der Waals surface area (Å²) in [7, 11) is 0. The van der Waals surface area contributed by atoms with Crippen LogP contribution in [0.25, 0.3) is 0 Å². The van der Waals surface area contributed by atoms with Crippen LogP contribution in [-0.4, -0.2) is 30.3 Å². The number of nitrogens with zero attached hydrogens (tertiary/aromatic N) is 2. The van der Waals surface area contributed by atoms with E-state index in [9.17, 15) is 0 Å². The van der Waals surface area contributed by atoms with Crippen LogP contribution in [0.4, 0.5) is 5.13 Å². The highest BCUT2D eigenvalue weighted by Gasteiger charge is 2.32. The first-order valence-electron chi connectivity index (χ1n) is 5.13. The Morgan fingerprint density at radius 3 is 3.07 bits per heavy atom. The molecule has 0 atom stereocenters. The molecule has 1 aliphatic rings. The largest absolute Gasteiger partial charge is 0.377 e. The van der Waals surface area contributed by atoms with Gasteiger partial charge < -0.3 is 15.4 Å². The van der Waals surface area contributed by atoms with Gasteiger partial charge in [-0.05, 0) is 13.8 Å². The smallest absolute Gasteiger partial charge is 0.186 e. The fourth-order valence-corrected chi connectivity index (χ4v) is 2.75. The Kier molecular flexibility index (Phi) is 2.95. The summed E-state index contributed by atoms with van der Waals surface area (Å²) in [6.45, 7) is 7.31. The minimum Gasteiger partial charge on any atom is -0.377 e. The Labute approximate surface area is 94.1 Å². The zero-order valence-electron chi connectivity index (χ0n) is 9.19. The molecule has 1 aromatic heterocycles. The lowest BCUT2D eigenvalue weighted by molar-refractivity contribution is 0.0643. The van der Waals surface area contributed by atoms with Gasteiger partial charge in [-0.1, -0.05) is 0 Å². The molecule has 5 heteroatoms. The number of rotatable bonds is 2. The lowest BCUT2D eigenvalue weighted by atomic mass is 10.0. The van der Waals surface area contributed by atoms with Gasteiger partial charge in [-0.15, -0.1) is 11.3 Å². The lowest BCUT2D eigenvalue weighted by Gasteiger charge is -2.42. The quantitative estimate of drug-likeness (QED) is 0.825. The van der Waals surface area contributed by atoms with Gasteiger partial charge in [0.1, 0.15) is 0 Å². The van der Waals surface area contributed by atoms with Crippen LogP contribution >= 0.6 is 11.3 Å². The number of ether oxygens (including phenoxy) is 1. The molecule has 1 aromatic rings. The molecule has 0 aliphatic carbocycles. The Morgan fingerprint density at radius 1 is 1.67 bits per heavy atom. The summed E-state index contributed by atoms with van der Waals surface area (Å²) in [5.74, 6) is 0. The second-order valence-corrected chi connectivity index (χ2v) is 5.18. The monoisotopic (exact) mass is 227 g/mol. The Bertz CT molecular complexity index is 337. The molecule has 0 saturated carbocycles. The number of hydrogen-bond donors (Lipinski definition) is 1. The number of nitrogens with two attached hydrogens (primary N) is 1. The molecule has 2 heterocycles.